The largest absolute Gasteiger partial charge is 0.311 e. The predicted octanol–water partition coefficient (Wildman–Crippen LogP) is 1.42. The zero-order chi connectivity index (χ0) is 9.84. The molecule has 1 aromatic rings. The first kappa shape index (κ1) is 9.67. The Labute approximate surface area is 79.9 Å². The van der Waals surface area contributed by atoms with E-state index in [0.29, 0.717) is 11.4 Å². The highest BCUT2D eigenvalue weighted by atomic mass is 35.5. The first-order valence-electron chi connectivity index (χ1n) is 3.53. The number of amides is 1. The molecule has 1 aromatic heterocycles. The van der Waals surface area contributed by atoms with E-state index >= 15 is 0 Å². The van der Waals surface area contributed by atoms with Gasteiger partial charge in [0.1, 0.15) is 5.82 Å². The number of anilines is 1. The molecule has 0 aliphatic rings. The van der Waals surface area contributed by atoms with Crippen LogP contribution >= 0.6 is 11.6 Å². The van der Waals surface area contributed by atoms with Gasteiger partial charge in [0.25, 0.3) is 5.24 Å². The van der Waals surface area contributed by atoms with Crippen LogP contribution in [-0.4, -0.2) is 16.1 Å². The summed E-state index contributed by atoms with van der Waals surface area (Å²) in [5, 5.41) is 1.86. The molecule has 5 heteroatoms. The van der Waals surface area contributed by atoms with Gasteiger partial charge in [0.05, 0.1) is 0 Å². The lowest BCUT2D eigenvalue weighted by Crippen LogP contribution is -2.07. The van der Waals surface area contributed by atoms with E-state index in [-0.39, 0.29) is 5.91 Å². The summed E-state index contributed by atoms with van der Waals surface area (Å²) in [7, 11) is 0. The molecular formula is C8H7ClN2O2. The SMILES string of the molecule is CC(=O)Nc1cc(C(=O)Cl)ccn1. The molecule has 0 unspecified atom stereocenters. The number of carbonyl (C=O) groups excluding carboxylic acids is 2. The maximum atomic E-state index is 10.7. The molecule has 13 heavy (non-hydrogen) atoms. The average molecular weight is 199 g/mol. The van der Waals surface area contributed by atoms with Gasteiger partial charge in [-0.1, -0.05) is 0 Å². The van der Waals surface area contributed by atoms with Crippen molar-refractivity contribution in [2.45, 2.75) is 6.92 Å². The second-order valence-corrected chi connectivity index (χ2v) is 2.73. The van der Waals surface area contributed by atoms with Crippen molar-refractivity contribution in [3.63, 3.8) is 0 Å². The minimum Gasteiger partial charge on any atom is -0.311 e. The van der Waals surface area contributed by atoms with Gasteiger partial charge in [0.2, 0.25) is 5.91 Å². The molecule has 1 heterocycles. The third-order valence-corrected chi connectivity index (χ3v) is 1.51. The second-order valence-electron chi connectivity index (χ2n) is 2.38. The molecule has 1 N–H and O–H groups in total. The van der Waals surface area contributed by atoms with Crippen LogP contribution in [0.15, 0.2) is 18.3 Å². The quantitative estimate of drug-likeness (QED) is 0.732. The highest BCUT2D eigenvalue weighted by Crippen LogP contribution is 2.08. The minimum atomic E-state index is -0.575. The highest BCUT2D eigenvalue weighted by molar-refractivity contribution is 6.67. The van der Waals surface area contributed by atoms with Crippen LogP contribution in [0, 0.1) is 0 Å². The Morgan fingerprint density at radius 2 is 2.23 bits per heavy atom. The summed E-state index contributed by atoms with van der Waals surface area (Å²) < 4.78 is 0. The Bertz CT molecular complexity index is 352. The highest BCUT2D eigenvalue weighted by Gasteiger charge is 2.03. The van der Waals surface area contributed by atoms with E-state index in [2.05, 4.69) is 10.3 Å². The number of hydrogen-bond donors (Lipinski definition) is 1. The fraction of sp³-hybridized carbons (Fsp3) is 0.125. The van der Waals surface area contributed by atoms with Crippen LogP contribution in [0.2, 0.25) is 0 Å². The van der Waals surface area contributed by atoms with Gasteiger partial charge in [-0.05, 0) is 23.7 Å². The van der Waals surface area contributed by atoms with E-state index in [9.17, 15) is 9.59 Å². The maximum absolute atomic E-state index is 10.7. The number of rotatable bonds is 2. The summed E-state index contributed by atoms with van der Waals surface area (Å²) in [6.45, 7) is 1.36. The normalized spacial score (nSPS) is 9.38. The van der Waals surface area contributed by atoms with E-state index in [1.165, 1.54) is 25.3 Å². The number of pyridine rings is 1. The first-order chi connectivity index (χ1) is 6.09. The molecule has 0 fully saturated rings. The van der Waals surface area contributed by atoms with Gasteiger partial charge < -0.3 is 5.32 Å². The molecule has 0 aromatic carbocycles. The van der Waals surface area contributed by atoms with Crippen molar-refractivity contribution in [1.29, 1.82) is 0 Å². The molecule has 0 saturated heterocycles. The minimum absolute atomic E-state index is 0.244. The lowest BCUT2D eigenvalue weighted by molar-refractivity contribution is -0.114. The van der Waals surface area contributed by atoms with Crippen LogP contribution in [0.5, 0.6) is 0 Å². The smallest absolute Gasteiger partial charge is 0.252 e. The summed E-state index contributed by atoms with van der Waals surface area (Å²) >= 11 is 5.23. The van der Waals surface area contributed by atoms with Crippen LogP contribution in [-0.2, 0) is 4.79 Å². The molecule has 68 valence electrons. The van der Waals surface area contributed by atoms with Crippen LogP contribution in [0.25, 0.3) is 0 Å². The van der Waals surface area contributed by atoms with Crippen LogP contribution < -0.4 is 5.32 Å². The van der Waals surface area contributed by atoms with Gasteiger partial charge >= 0.3 is 0 Å². The number of aromatic nitrogens is 1. The van der Waals surface area contributed by atoms with Crippen LogP contribution in [0.4, 0.5) is 5.82 Å². The lowest BCUT2D eigenvalue weighted by atomic mass is 10.3. The molecule has 1 rings (SSSR count). The van der Waals surface area contributed by atoms with E-state index in [1.807, 2.05) is 0 Å². The maximum Gasteiger partial charge on any atom is 0.252 e. The Morgan fingerprint density at radius 3 is 2.77 bits per heavy atom. The molecule has 0 aliphatic carbocycles. The molecule has 4 nitrogen and oxygen atoms in total. The zero-order valence-electron chi connectivity index (χ0n) is 6.87. The lowest BCUT2D eigenvalue weighted by Gasteiger charge is -2.00. The van der Waals surface area contributed by atoms with Crippen LogP contribution in [0.1, 0.15) is 17.3 Å². The number of carbonyl (C=O) groups is 2. The third kappa shape index (κ3) is 2.83. The summed E-state index contributed by atoms with van der Waals surface area (Å²) in [5.74, 6) is 0.0747. The van der Waals surface area contributed by atoms with E-state index in [4.69, 9.17) is 11.6 Å². The monoisotopic (exact) mass is 198 g/mol. The predicted molar refractivity (Wildman–Crippen MR) is 48.7 cm³/mol. The van der Waals surface area contributed by atoms with Crippen molar-refractivity contribution in [3.8, 4) is 0 Å². The Balaban J connectivity index is 2.91. The Kier molecular flexibility index (Phi) is 2.97. The second kappa shape index (κ2) is 4.00. The Morgan fingerprint density at radius 1 is 1.54 bits per heavy atom. The van der Waals surface area contributed by atoms with Gasteiger partial charge in [-0.3, -0.25) is 9.59 Å². The molecule has 0 atom stereocenters. The standard InChI is InChI=1S/C8H7ClN2O2/c1-5(12)11-7-4-6(8(9)13)2-3-10-7/h2-4H,1H3,(H,10,11,12). The van der Waals surface area contributed by atoms with Crippen molar-refractivity contribution >= 4 is 28.6 Å². The van der Waals surface area contributed by atoms with Gasteiger partial charge in [0.15, 0.2) is 0 Å². The number of halogens is 1. The summed E-state index contributed by atoms with van der Waals surface area (Å²) in [4.78, 5) is 25.2. The number of hydrogen-bond acceptors (Lipinski definition) is 3. The fourth-order valence-electron chi connectivity index (χ4n) is 0.802. The van der Waals surface area contributed by atoms with Gasteiger partial charge in [-0.15, -0.1) is 0 Å². The molecule has 0 radical (unpaired) electrons. The Hall–Kier alpha value is -1.42. The third-order valence-electron chi connectivity index (χ3n) is 1.29. The zero-order valence-corrected chi connectivity index (χ0v) is 7.63. The van der Waals surface area contributed by atoms with Gasteiger partial charge in [-0.2, -0.15) is 0 Å². The summed E-state index contributed by atoms with van der Waals surface area (Å²) in [6.07, 6.45) is 1.40. The summed E-state index contributed by atoms with van der Waals surface area (Å²) in [5.41, 5.74) is 0.306. The molecule has 0 bridgehead atoms. The number of nitrogens with one attached hydrogen (secondary N) is 1. The summed E-state index contributed by atoms with van der Waals surface area (Å²) in [6, 6.07) is 2.89. The van der Waals surface area contributed by atoms with Crippen molar-refractivity contribution in [2.24, 2.45) is 0 Å². The van der Waals surface area contributed by atoms with Crippen LogP contribution in [0.3, 0.4) is 0 Å². The van der Waals surface area contributed by atoms with Crippen molar-refractivity contribution in [3.05, 3.63) is 23.9 Å². The van der Waals surface area contributed by atoms with Crippen molar-refractivity contribution in [1.82, 2.24) is 4.98 Å². The first-order valence-corrected chi connectivity index (χ1v) is 3.91. The molecular weight excluding hydrogens is 192 g/mol. The van der Waals surface area contributed by atoms with E-state index in [0.717, 1.165) is 0 Å². The molecule has 0 aliphatic heterocycles. The van der Waals surface area contributed by atoms with Crippen molar-refractivity contribution in [2.75, 3.05) is 5.32 Å². The van der Waals surface area contributed by atoms with Gasteiger partial charge in [-0.25, -0.2) is 4.98 Å². The molecule has 1 amide bonds. The van der Waals surface area contributed by atoms with Crippen molar-refractivity contribution < 1.29 is 9.59 Å². The number of nitrogens with zero attached hydrogens (tertiary/aromatic N) is 1. The molecule has 0 saturated carbocycles. The van der Waals surface area contributed by atoms with E-state index in [1.54, 1.807) is 0 Å². The van der Waals surface area contributed by atoms with Gasteiger partial charge in [0, 0.05) is 18.7 Å². The van der Waals surface area contributed by atoms with E-state index < -0.39 is 5.24 Å². The fourth-order valence-corrected chi connectivity index (χ4v) is 0.919. The molecule has 0 spiro atoms. The topological polar surface area (TPSA) is 59.1 Å². The average Bonchev–Trinajstić information content (AvgIpc) is 2.03.